The first kappa shape index (κ1) is 46.6. The van der Waals surface area contributed by atoms with Crippen LogP contribution in [0.4, 0.5) is 5.13 Å². The minimum atomic E-state index is -0.369. The number of aldehydes is 1. The molecular weight excluding hydrogens is 805 g/mol. The molecule has 1 saturated heterocycles. The number of methoxy groups -OCH3 is 2. The topological polar surface area (TPSA) is 165 Å². The van der Waals surface area contributed by atoms with Crippen molar-refractivity contribution in [2.75, 3.05) is 58.9 Å². The lowest BCUT2D eigenvalue weighted by Gasteiger charge is -2.34. The van der Waals surface area contributed by atoms with Crippen molar-refractivity contribution < 1.29 is 37.8 Å². The first-order valence-electron chi connectivity index (χ1n) is 20.8. The van der Waals surface area contributed by atoms with Gasteiger partial charge in [-0.1, -0.05) is 63.9 Å². The summed E-state index contributed by atoms with van der Waals surface area (Å²) >= 11 is 3.03. The third-order valence-corrected chi connectivity index (χ3v) is 12.5. The Balaban J connectivity index is 0.906. The molecule has 2 aliphatic rings. The number of rotatable bonds is 23. The van der Waals surface area contributed by atoms with Crippen LogP contribution < -0.4 is 24.8 Å². The van der Waals surface area contributed by atoms with Gasteiger partial charge in [-0.25, -0.2) is 9.97 Å². The van der Waals surface area contributed by atoms with Crippen molar-refractivity contribution in [2.45, 2.75) is 100.0 Å². The number of hydrogen-bond donors (Lipinski definition) is 2. The van der Waals surface area contributed by atoms with Gasteiger partial charge >= 0.3 is 0 Å². The summed E-state index contributed by atoms with van der Waals surface area (Å²) in [5.41, 5.74) is 0.601. The summed E-state index contributed by atoms with van der Waals surface area (Å²) < 4.78 is 24.1. The number of anilines is 1. The number of hydrogen-bond acceptors (Lipinski definition) is 14. The van der Waals surface area contributed by atoms with Crippen LogP contribution >= 0.6 is 23.1 Å². The lowest BCUT2D eigenvalue weighted by Crippen LogP contribution is -2.48. The summed E-state index contributed by atoms with van der Waals surface area (Å²) in [5.74, 6) is 2.83. The highest BCUT2D eigenvalue weighted by atomic mass is 32.2. The smallest absolute Gasteiger partial charge is 0.253 e. The molecule has 3 amide bonds. The zero-order valence-electron chi connectivity index (χ0n) is 35.5. The number of benzene rings is 1. The minimum Gasteiger partial charge on any atom is -0.493 e. The SMILES string of the molecule is COc1cc(/C=C/C(=O)N2CCC=CC2=O)cc(OC)c1OCCCCCCCCNCC(C=O)N1CCC(C(=O)Nc2ncc(SCc3ncc(C(C)(C)C)o3)s2)CC1. The second-order valence-electron chi connectivity index (χ2n) is 15.9. The average Bonchev–Trinajstić information content (AvgIpc) is 3.93. The molecule has 16 heteroatoms. The largest absolute Gasteiger partial charge is 0.493 e. The number of imide groups is 1. The number of carbonyl (C=O) groups excluding carboxylic acids is 4. The highest BCUT2D eigenvalue weighted by molar-refractivity contribution is 8.00. The molecule has 1 atom stereocenters. The molecule has 0 bridgehead atoms. The standard InChI is InChI=1S/C44H60N6O8S2/c1-44(2,3)36-27-46-37(58-36)30-59-40-28-47-43(60-40)48-42(54)32-17-21-49(22-18-32)33(29-51)26-45-19-11-8-6-7-9-13-23-57-41-34(55-4)24-31(25-35(41)56-5)15-16-39(53)50-20-12-10-14-38(50)52/h10,14-16,24-25,27-29,32-33,45H,6-9,11-13,17-23,26,30H2,1-5H3,(H,47,48,54)/b16-15+. The average molecular weight is 865 g/mol. The number of unbranched alkanes of at least 4 members (excludes halogenated alkanes) is 5. The van der Waals surface area contributed by atoms with Gasteiger partial charge in [0.2, 0.25) is 17.5 Å². The van der Waals surface area contributed by atoms with Gasteiger partial charge in [0.15, 0.2) is 16.6 Å². The normalized spacial score (nSPS) is 15.7. The molecule has 60 heavy (non-hydrogen) atoms. The van der Waals surface area contributed by atoms with Crippen molar-refractivity contribution in [1.29, 1.82) is 0 Å². The van der Waals surface area contributed by atoms with E-state index in [0.717, 1.165) is 61.3 Å². The molecule has 326 valence electrons. The van der Waals surface area contributed by atoms with E-state index in [1.807, 2.05) is 0 Å². The van der Waals surface area contributed by atoms with E-state index in [1.165, 1.54) is 28.4 Å². The van der Waals surface area contributed by atoms with Gasteiger partial charge in [0.25, 0.3) is 11.8 Å². The number of oxazole rings is 1. The van der Waals surface area contributed by atoms with E-state index < -0.39 is 0 Å². The van der Waals surface area contributed by atoms with E-state index in [9.17, 15) is 19.2 Å². The summed E-state index contributed by atoms with van der Waals surface area (Å²) in [5, 5.41) is 7.05. The van der Waals surface area contributed by atoms with Gasteiger partial charge in [-0.2, -0.15) is 0 Å². The number of thioether (sulfide) groups is 1. The maximum Gasteiger partial charge on any atom is 0.253 e. The maximum atomic E-state index is 13.1. The Morgan fingerprint density at radius 3 is 2.40 bits per heavy atom. The Morgan fingerprint density at radius 1 is 1.02 bits per heavy atom. The quantitative estimate of drug-likeness (QED) is 0.0423. The number of nitrogens with zero attached hydrogens (tertiary/aromatic N) is 4. The molecule has 0 aliphatic carbocycles. The Labute approximate surface area is 361 Å². The van der Waals surface area contributed by atoms with E-state index in [0.29, 0.717) is 91.6 Å². The van der Waals surface area contributed by atoms with E-state index in [-0.39, 0.29) is 35.1 Å². The number of aromatic nitrogens is 2. The van der Waals surface area contributed by atoms with Crippen molar-refractivity contribution in [2.24, 2.45) is 5.92 Å². The highest BCUT2D eigenvalue weighted by Gasteiger charge is 2.29. The first-order chi connectivity index (χ1) is 29.0. The maximum absolute atomic E-state index is 13.1. The van der Waals surface area contributed by atoms with Crippen LogP contribution in [0, 0.1) is 5.92 Å². The molecule has 1 fully saturated rings. The second kappa shape index (κ2) is 23.5. The molecule has 4 heterocycles. The molecule has 0 spiro atoms. The Hall–Kier alpha value is -4.51. The van der Waals surface area contributed by atoms with Gasteiger partial charge < -0.3 is 34.1 Å². The van der Waals surface area contributed by atoms with Crippen LogP contribution in [0.2, 0.25) is 0 Å². The van der Waals surface area contributed by atoms with Crippen LogP contribution in [-0.4, -0.2) is 103 Å². The number of ether oxygens (including phenoxy) is 3. The van der Waals surface area contributed by atoms with Crippen LogP contribution in [0.15, 0.2) is 51.4 Å². The van der Waals surface area contributed by atoms with Crippen LogP contribution in [-0.2, 0) is 30.3 Å². The number of piperidine rings is 1. The van der Waals surface area contributed by atoms with E-state index in [4.69, 9.17) is 18.6 Å². The molecule has 5 rings (SSSR count). The van der Waals surface area contributed by atoms with Gasteiger partial charge in [-0.05, 0) is 81.6 Å². The van der Waals surface area contributed by atoms with Crippen molar-refractivity contribution >= 4 is 58.3 Å². The van der Waals surface area contributed by atoms with Crippen molar-refractivity contribution in [3.63, 3.8) is 0 Å². The van der Waals surface area contributed by atoms with Gasteiger partial charge in [0, 0.05) is 30.5 Å². The molecule has 14 nitrogen and oxygen atoms in total. The molecule has 1 unspecified atom stereocenters. The Morgan fingerprint density at radius 2 is 1.73 bits per heavy atom. The Bertz CT molecular complexity index is 1910. The van der Waals surface area contributed by atoms with Crippen LogP contribution in [0.3, 0.4) is 0 Å². The van der Waals surface area contributed by atoms with Crippen LogP contribution in [0.5, 0.6) is 17.2 Å². The van der Waals surface area contributed by atoms with E-state index in [2.05, 4.69) is 46.3 Å². The van der Waals surface area contributed by atoms with Gasteiger partial charge in [0.1, 0.15) is 12.0 Å². The molecule has 2 N–H and O–H groups in total. The van der Waals surface area contributed by atoms with Crippen molar-refractivity contribution in [1.82, 2.24) is 25.1 Å². The molecule has 0 saturated carbocycles. The molecule has 3 aromatic rings. The highest BCUT2D eigenvalue weighted by Crippen LogP contribution is 2.39. The van der Waals surface area contributed by atoms with Crippen molar-refractivity contribution in [3.8, 4) is 17.2 Å². The number of thiazole rings is 1. The van der Waals surface area contributed by atoms with Crippen LogP contribution in [0.25, 0.3) is 6.08 Å². The van der Waals surface area contributed by atoms with Crippen LogP contribution in [0.1, 0.15) is 95.8 Å². The summed E-state index contributed by atoms with van der Waals surface area (Å²) in [6, 6.07) is 3.35. The second-order valence-corrected chi connectivity index (χ2v) is 18.2. The fourth-order valence-corrected chi connectivity index (χ4v) is 8.62. The van der Waals surface area contributed by atoms with E-state index in [1.54, 1.807) is 62.7 Å². The third kappa shape index (κ3) is 14.0. The number of amides is 3. The summed E-state index contributed by atoms with van der Waals surface area (Å²) in [6.07, 6.45) is 19.1. The molecular formula is C44H60N6O8S2. The molecule has 0 radical (unpaired) electrons. The zero-order chi connectivity index (χ0) is 42.9. The van der Waals surface area contributed by atoms with Gasteiger partial charge in [-0.3, -0.25) is 24.2 Å². The molecule has 1 aromatic carbocycles. The Kier molecular flexibility index (Phi) is 18.2. The lowest BCUT2D eigenvalue weighted by molar-refractivity contribution is -0.139. The predicted molar refractivity (Wildman–Crippen MR) is 235 cm³/mol. The van der Waals surface area contributed by atoms with Gasteiger partial charge in [-0.15, -0.1) is 11.8 Å². The monoisotopic (exact) mass is 864 g/mol. The number of nitrogens with one attached hydrogen (secondary N) is 2. The van der Waals surface area contributed by atoms with Crippen molar-refractivity contribution in [3.05, 3.63) is 60.0 Å². The lowest BCUT2D eigenvalue weighted by atomic mass is 9.94. The summed E-state index contributed by atoms with van der Waals surface area (Å²) in [4.78, 5) is 61.8. The summed E-state index contributed by atoms with van der Waals surface area (Å²) in [7, 11) is 3.12. The fourth-order valence-electron chi connectivity index (χ4n) is 6.89. The third-order valence-electron chi connectivity index (χ3n) is 10.4. The molecule has 2 aromatic heterocycles. The van der Waals surface area contributed by atoms with E-state index >= 15 is 0 Å². The molecule has 2 aliphatic heterocycles. The first-order valence-corrected chi connectivity index (χ1v) is 22.6. The zero-order valence-corrected chi connectivity index (χ0v) is 37.2. The number of likely N-dealkylation sites (tertiary alicyclic amines) is 1. The fraction of sp³-hybridized carbons (Fsp3) is 0.545. The predicted octanol–water partition coefficient (Wildman–Crippen LogP) is 7.29. The minimum absolute atomic E-state index is 0.0192. The number of carbonyl (C=O) groups is 4. The summed E-state index contributed by atoms with van der Waals surface area (Å²) in [6.45, 7) is 10.00. The van der Waals surface area contributed by atoms with Gasteiger partial charge in [0.05, 0.1) is 49.2 Å².